The van der Waals surface area contributed by atoms with Crippen molar-refractivity contribution < 1.29 is 4.39 Å². The van der Waals surface area contributed by atoms with E-state index in [9.17, 15) is 4.39 Å². The Morgan fingerprint density at radius 2 is 1.65 bits per heavy atom. The van der Waals surface area contributed by atoms with Crippen LogP contribution < -0.4 is 11.3 Å². The van der Waals surface area contributed by atoms with Gasteiger partial charge in [0.15, 0.2) is 0 Å². The number of rotatable bonds is 4. The molecule has 1 unspecified atom stereocenters. The monoisotopic (exact) mass is 292 g/mol. The first kappa shape index (κ1) is 15.0. The van der Waals surface area contributed by atoms with Crippen molar-refractivity contribution in [3.63, 3.8) is 0 Å². The molecule has 20 heavy (non-hydrogen) atoms. The second-order valence-corrected chi connectivity index (χ2v) is 5.52. The van der Waals surface area contributed by atoms with Crippen LogP contribution >= 0.6 is 11.6 Å². The minimum atomic E-state index is -0.421. The van der Waals surface area contributed by atoms with Crippen molar-refractivity contribution in [3.05, 3.63) is 70.0 Å². The predicted octanol–water partition coefficient (Wildman–Crippen LogP) is 4.16. The van der Waals surface area contributed by atoms with E-state index in [1.807, 2.05) is 24.3 Å². The molecule has 0 amide bonds. The number of halogens is 2. The zero-order valence-electron chi connectivity index (χ0n) is 11.5. The van der Waals surface area contributed by atoms with Crippen molar-refractivity contribution in [1.82, 2.24) is 5.43 Å². The summed E-state index contributed by atoms with van der Waals surface area (Å²) in [5.41, 5.74) is 5.23. The third-order valence-corrected chi connectivity index (χ3v) is 3.61. The molecule has 0 spiro atoms. The van der Waals surface area contributed by atoms with Crippen molar-refractivity contribution >= 4 is 11.6 Å². The molecule has 2 aromatic rings. The first-order valence-corrected chi connectivity index (χ1v) is 6.91. The molecule has 0 saturated carbocycles. The average Bonchev–Trinajstić information content (AvgIpc) is 2.44. The summed E-state index contributed by atoms with van der Waals surface area (Å²) in [5, 5.41) is 0.487. The maximum absolute atomic E-state index is 13.9. The molecule has 2 aromatic carbocycles. The third kappa shape index (κ3) is 3.18. The molecule has 0 aromatic heterocycles. The summed E-state index contributed by atoms with van der Waals surface area (Å²) < 4.78 is 13.9. The zero-order chi connectivity index (χ0) is 14.7. The van der Waals surface area contributed by atoms with Crippen LogP contribution in [0, 0.1) is 5.82 Å². The lowest BCUT2D eigenvalue weighted by atomic mass is 9.95. The SMILES string of the molecule is CC(C)c1ccc(C(NN)c2cc(Cl)ccc2F)cc1. The van der Waals surface area contributed by atoms with Gasteiger partial charge >= 0.3 is 0 Å². The summed E-state index contributed by atoms with van der Waals surface area (Å²) in [6, 6.07) is 12.0. The van der Waals surface area contributed by atoms with Crippen LogP contribution in [0.5, 0.6) is 0 Å². The molecular weight excluding hydrogens is 275 g/mol. The van der Waals surface area contributed by atoms with E-state index >= 15 is 0 Å². The van der Waals surface area contributed by atoms with Crippen LogP contribution in [0.15, 0.2) is 42.5 Å². The molecule has 1 atom stereocenters. The fourth-order valence-electron chi connectivity index (χ4n) is 2.17. The van der Waals surface area contributed by atoms with Crippen molar-refractivity contribution in [2.24, 2.45) is 5.84 Å². The maximum atomic E-state index is 13.9. The van der Waals surface area contributed by atoms with E-state index in [-0.39, 0.29) is 5.82 Å². The minimum absolute atomic E-state index is 0.328. The lowest BCUT2D eigenvalue weighted by Crippen LogP contribution is -2.29. The van der Waals surface area contributed by atoms with E-state index in [2.05, 4.69) is 19.3 Å². The Bertz CT molecular complexity index is 582. The topological polar surface area (TPSA) is 38.0 Å². The van der Waals surface area contributed by atoms with E-state index in [1.54, 1.807) is 6.07 Å². The summed E-state index contributed by atoms with van der Waals surface area (Å²) in [5.74, 6) is 5.72. The van der Waals surface area contributed by atoms with Gasteiger partial charge in [-0.2, -0.15) is 0 Å². The van der Waals surface area contributed by atoms with Gasteiger partial charge in [-0.15, -0.1) is 0 Å². The lowest BCUT2D eigenvalue weighted by Gasteiger charge is -2.18. The molecule has 0 heterocycles. The van der Waals surface area contributed by atoms with Crippen LogP contribution in [-0.4, -0.2) is 0 Å². The predicted molar refractivity (Wildman–Crippen MR) is 81.1 cm³/mol. The molecule has 4 heteroatoms. The van der Waals surface area contributed by atoms with Crippen LogP contribution in [-0.2, 0) is 0 Å². The van der Waals surface area contributed by atoms with Gasteiger partial charge in [-0.3, -0.25) is 5.84 Å². The summed E-state index contributed by atoms with van der Waals surface area (Å²) in [4.78, 5) is 0. The van der Waals surface area contributed by atoms with Gasteiger partial charge in [-0.25, -0.2) is 9.82 Å². The molecule has 106 valence electrons. The normalized spacial score (nSPS) is 12.7. The Morgan fingerprint density at radius 3 is 2.20 bits per heavy atom. The highest BCUT2D eigenvalue weighted by Crippen LogP contribution is 2.27. The minimum Gasteiger partial charge on any atom is -0.271 e. The maximum Gasteiger partial charge on any atom is 0.128 e. The van der Waals surface area contributed by atoms with Gasteiger partial charge in [0.05, 0.1) is 6.04 Å². The van der Waals surface area contributed by atoms with Gasteiger partial charge in [0.25, 0.3) is 0 Å². The van der Waals surface area contributed by atoms with Crippen molar-refractivity contribution in [3.8, 4) is 0 Å². The molecule has 3 N–H and O–H groups in total. The summed E-state index contributed by atoms with van der Waals surface area (Å²) >= 11 is 5.94. The van der Waals surface area contributed by atoms with E-state index in [1.165, 1.54) is 17.7 Å². The third-order valence-electron chi connectivity index (χ3n) is 3.37. The van der Waals surface area contributed by atoms with Gasteiger partial charge in [-0.1, -0.05) is 49.7 Å². The molecule has 0 fully saturated rings. The van der Waals surface area contributed by atoms with Gasteiger partial charge < -0.3 is 0 Å². The summed E-state index contributed by atoms with van der Waals surface area (Å²) in [6.07, 6.45) is 0. The Morgan fingerprint density at radius 1 is 1.05 bits per heavy atom. The highest BCUT2D eigenvalue weighted by molar-refractivity contribution is 6.30. The average molecular weight is 293 g/mol. The van der Waals surface area contributed by atoms with E-state index in [4.69, 9.17) is 17.4 Å². The Labute approximate surface area is 123 Å². The molecule has 2 rings (SSSR count). The molecule has 0 aliphatic carbocycles. The fraction of sp³-hybridized carbons (Fsp3) is 0.250. The molecule has 0 saturated heterocycles. The first-order chi connectivity index (χ1) is 9.52. The zero-order valence-corrected chi connectivity index (χ0v) is 12.3. The van der Waals surface area contributed by atoms with E-state index in [0.717, 1.165) is 5.56 Å². The summed E-state index contributed by atoms with van der Waals surface area (Å²) in [6.45, 7) is 4.26. The largest absolute Gasteiger partial charge is 0.271 e. The highest BCUT2D eigenvalue weighted by Gasteiger charge is 2.17. The van der Waals surface area contributed by atoms with Crippen LogP contribution in [0.1, 0.15) is 42.5 Å². The van der Waals surface area contributed by atoms with Crippen LogP contribution in [0.4, 0.5) is 4.39 Å². The fourth-order valence-corrected chi connectivity index (χ4v) is 2.36. The number of benzene rings is 2. The van der Waals surface area contributed by atoms with Crippen LogP contribution in [0.2, 0.25) is 5.02 Å². The van der Waals surface area contributed by atoms with Crippen molar-refractivity contribution in [2.45, 2.75) is 25.8 Å². The molecule has 0 aliphatic heterocycles. The van der Waals surface area contributed by atoms with Gasteiger partial charge in [0.2, 0.25) is 0 Å². The molecule has 0 aliphatic rings. The Hall–Kier alpha value is -1.42. The molecule has 2 nitrogen and oxygen atoms in total. The quantitative estimate of drug-likeness (QED) is 0.656. The Balaban J connectivity index is 2.39. The standard InChI is InChI=1S/C16H18ClFN2/c1-10(2)11-3-5-12(6-4-11)16(20-19)14-9-13(17)7-8-15(14)18/h3-10,16,20H,19H2,1-2H3. The molecular formula is C16H18ClFN2. The summed E-state index contributed by atoms with van der Waals surface area (Å²) in [7, 11) is 0. The van der Waals surface area contributed by atoms with Gasteiger partial charge in [-0.05, 0) is 35.2 Å². The number of hydrogen-bond donors (Lipinski definition) is 2. The lowest BCUT2D eigenvalue weighted by molar-refractivity contribution is 0.560. The first-order valence-electron chi connectivity index (χ1n) is 6.54. The molecule has 0 radical (unpaired) electrons. The van der Waals surface area contributed by atoms with E-state index in [0.29, 0.717) is 16.5 Å². The van der Waals surface area contributed by atoms with Gasteiger partial charge in [0.1, 0.15) is 5.82 Å². The number of nitrogens with two attached hydrogens (primary N) is 1. The number of nitrogens with one attached hydrogen (secondary N) is 1. The van der Waals surface area contributed by atoms with Crippen LogP contribution in [0.25, 0.3) is 0 Å². The number of hydrazine groups is 1. The van der Waals surface area contributed by atoms with Crippen LogP contribution in [0.3, 0.4) is 0 Å². The highest BCUT2D eigenvalue weighted by atomic mass is 35.5. The second kappa shape index (κ2) is 6.35. The smallest absolute Gasteiger partial charge is 0.128 e. The Kier molecular flexibility index (Phi) is 4.76. The second-order valence-electron chi connectivity index (χ2n) is 5.09. The van der Waals surface area contributed by atoms with E-state index < -0.39 is 6.04 Å². The van der Waals surface area contributed by atoms with Crippen molar-refractivity contribution in [2.75, 3.05) is 0 Å². The number of hydrogen-bond acceptors (Lipinski definition) is 2. The molecule has 0 bridgehead atoms. The van der Waals surface area contributed by atoms with Gasteiger partial charge in [0, 0.05) is 10.6 Å². The van der Waals surface area contributed by atoms with Crippen molar-refractivity contribution in [1.29, 1.82) is 0 Å².